The van der Waals surface area contributed by atoms with Crippen molar-refractivity contribution in [3.8, 4) is 11.4 Å². The van der Waals surface area contributed by atoms with E-state index >= 15 is 0 Å². The summed E-state index contributed by atoms with van der Waals surface area (Å²) < 4.78 is 2.92. The third-order valence-corrected chi connectivity index (χ3v) is 4.70. The van der Waals surface area contributed by atoms with Gasteiger partial charge in [0.15, 0.2) is 0 Å². The molecule has 10 heteroatoms. The summed E-state index contributed by atoms with van der Waals surface area (Å²) >= 11 is 1.20. The van der Waals surface area contributed by atoms with Gasteiger partial charge in [-0.05, 0) is 34.7 Å². The van der Waals surface area contributed by atoms with Crippen molar-refractivity contribution in [1.29, 1.82) is 0 Å². The Bertz CT molecular complexity index is 1140. The molecule has 0 atom stereocenters. The molecular weight excluding hydrogens is 378 g/mol. The van der Waals surface area contributed by atoms with Crippen LogP contribution in [0.5, 0.6) is 0 Å². The highest BCUT2D eigenvalue weighted by Gasteiger charge is 2.13. The summed E-state index contributed by atoms with van der Waals surface area (Å²) in [6, 6.07) is 19.8. The first-order valence-corrected chi connectivity index (χ1v) is 9.33. The molecule has 2 aromatic heterocycles. The predicted octanol–water partition coefficient (Wildman–Crippen LogP) is 1.87. The number of thioether (sulfide) groups is 1. The van der Waals surface area contributed by atoms with Crippen molar-refractivity contribution in [2.75, 3.05) is 11.1 Å². The van der Waals surface area contributed by atoms with Gasteiger partial charge in [0.05, 0.1) is 17.1 Å². The molecule has 0 saturated carbocycles. The highest BCUT2D eigenvalue weighted by Crippen LogP contribution is 2.18. The average Bonchev–Trinajstić information content (AvgIpc) is 3.34. The Hall–Kier alpha value is -3.66. The number of carbonyl (C=O) groups is 1. The van der Waals surface area contributed by atoms with Crippen molar-refractivity contribution < 1.29 is 4.79 Å². The number of carbonyl (C=O) groups excluding carboxylic acids is 1. The van der Waals surface area contributed by atoms with Gasteiger partial charge in [0, 0.05) is 6.07 Å². The molecule has 0 bridgehead atoms. The van der Waals surface area contributed by atoms with Gasteiger partial charge in [-0.3, -0.25) is 14.7 Å². The van der Waals surface area contributed by atoms with Crippen LogP contribution < -0.4 is 10.9 Å². The second kappa shape index (κ2) is 7.92. The third kappa shape index (κ3) is 3.86. The summed E-state index contributed by atoms with van der Waals surface area (Å²) in [5, 5.41) is 17.6. The topological polar surface area (TPSA) is 110 Å². The molecule has 2 heterocycles. The normalized spacial score (nSPS) is 10.7. The van der Waals surface area contributed by atoms with Crippen molar-refractivity contribution in [2.24, 2.45) is 0 Å². The number of anilines is 1. The van der Waals surface area contributed by atoms with E-state index in [1.807, 2.05) is 48.5 Å². The summed E-state index contributed by atoms with van der Waals surface area (Å²) in [5.41, 5.74) is 1.23. The summed E-state index contributed by atoms with van der Waals surface area (Å²) in [6.07, 6.45) is 0. The van der Waals surface area contributed by atoms with Gasteiger partial charge in [-0.1, -0.05) is 48.2 Å². The number of para-hydroxylation sites is 2. The molecule has 0 fully saturated rings. The minimum atomic E-state index is -0.283. The quantitative estimate of drug-likeness (QED) is 0.484. The zero-order valence-corrected chi connectivity index (χ0v) is 15.3. The molecule has 9 nitrogen and oxygen atoms in total. The van der Waals surface area contributed by atoms with Crippen LogP contribution in [0.4, 0.5) is 5.82 Å². The fraction of sp³-hybridized carbons (Fsp3) is 0.0556. The summed E-state index contributed by atoms with van der Waals surface area (Å²) in [4.78, 5) is 24.4. The van der Waals surface area contributed by atoms with E-state index in [1.165, 1.54) is 22.5 Å². The Morgan fingerprint density at radius 3 is 2.43 bits per heavy atom. The third-order valence-electron chi connectivity index (χ3n) is 3.78. The lowest BCUT2D eigenvalue weighted by molar-refractivity contribution is -0.113. The van der Waals surface area contributed by atoms with Crippen LogP contribution in [0.2, 0.25) is 0 Å². The second-order valence-corrected chi connectivity index (χ2v) is 6.67. The monoisotopic (exact) mass is 393 g/mol. The van der Waals surface area contributed by atoms with Crippen molar-refractivity contribution >= 4 is 23.5 Å². The Kier molecular flexibility index (Phi) is 5.02. The first-order valence-electron chi connectivity index (χ1n) is 8.34. The van der Waals surface area contributed by atoms with Crippen LogP contribution in [0.25, 0.3) is 11.4 Å². The van der Waals surface area contributed by atoms with Gasteiger partial charge < -0.3 is 5.32 Å². The van der Waals surface area contributed by atoms with Gasteiger partial charge in [0.1, 0.15) is 5.82 Å². The van der Waals surface area contributed by atoms with Crippen LogP contribution in [-0.2, 0) is 4.79 Å². The molecule has 2 N–H and O–H groups in total. The highest BCUT2D eigenvalue weighted by atomic mass is 32.2. The second-order valence-electron chi connectivity index (χ2n) is 5.72. The number of rotatable bonds is 6. The van der Waals surface area contributed by atoms with Gasteiger partial charge in [-0.2, -0.15) is 4.68 Å². The number of H-pyrrole nitrogens is 1. The Labute approximate surface area is 163 Å². The molecule has 0 aliphatic rings. The summed E-state index contributed by atoms with van der Waals surface area (Å²) in [5.74, 6) is 0.127. The number of benzene rings is 2. The number of amides is 1. The van der Waals surface area contributed by atoms with E-state index in [0.717, 1.165) is 5.69 Å². The summed E-state index contributed by atoms with van der Waals surface area (Å²) in [7, 11) is 0. The smallest absolute Gasteiger partial charge is 0.273 e. The number of hydrogen-bond acceptors (Lipinski definition) is 6. The summed E-state index contributed by atoms with van der Waals surface area (Å²) in [6.45, 7) is 0. The van der Waals surface area contributed by atoms with E-state index in [2.05, 4.69) is 25.9 Å². The van der Waals surface area contributed by atoms with Crippen LogP contribution >= 0.6 is 11.8 Å². The molecule has 4 rings (SSSR count). The van der Waals surface area contributed by atoms with Gasteiger partial charge in [-0.15, -0.1) is 5.10 Å². The molecule has 0 unspecified atom stereocenters. The van der Waals surface area contributed by atoms with Crippen LogP contribution in [0.15, 0.2) is 76.7 Å². The van der Waals surface area contributed by atoms with E-state index in [-0.39, 0.29) is 17.2 Å². The molecule has 0 radical (unpaired) electrons. The van der Waals surface area contributed by atoms with E-state index < -0.39 is 0 Å². The molecule has 28 heavy (non-hydrogen) atoms. The zero-order valence-electron chi connectivity index (χ0n) is 14.5. The van der Waals surface area contributed by atoms with Crippen molar-refractivity contribution in [2.45, 2.75) is 5.16 Å². The van der Waals surface area contributed by atoms with Crippen molar-refractivity contribution in [3.05, 3.63) is 77.1 Å². The SMILES string of the molecule is O=C(CSc1nnnn1-c1ccccc1)Nc1cc(=O)n(-c2ccccc2)[nH]1. The van der Waals surface area contributed by atoms with Crippen LogP contribution in [0.1, 0.15) is 0 Å². The number of tetrazole rings is 1. The van der Waals surface area contributed by atoms with Gasteiger partial charge in [0.25, 0.3) is 5.56 Å². The maximum atomic E-state index is 12.3. The lowest BCUT2D eigenvalue weighted by atomic mass is 10.3. The maximum absolute atomic E-state index is 12.3. The van der Waals surface area contributed by atoms with E-state index in [9.17, 15) is 9.59 Å². The Balaban J connectivity index is 1.41. The standard InChI is InChI=1S/C18H15N7O2S/c26-16(12-28-18-20-22-23-25(18)14-9-5-2-6-10-14)19-15-11-17(27)24(21-15)13-7-3-1-4-8-13/h1-11,21H,12H2,(H,19,26). The zero-order chi connectivity index (χ0) is 19.3. The van der Waals surface area contributed by atoms with E-state index in [0.29, 0.717) is 16.7 Å². The van der Waals surface area contributed by atoms with E-state index in [4.69, 9.17) is 0 Å². The van der Waals surface area contributed by atoms with Gasteiger partial charge in [0.2, 0.25) is 11.1 Å². The number of hydrogen-bond donors (Lipinski definition) is 2. The first-order chi connectivity index (χ1) is 13.7. The molecule has 140 valence electrons. The first kappa shape index (κ1) is 17.7. The number of nitrogens with zero attached hydrogens (tertiary/aromatic N) is 5. The largest absolute Gasteiger partial charge is 0.310 e. The molecule has 0 aliphatic carbocycles. The predicted molar refractivity (Wildman–Crippen MR) is 105 cm³/mol. The lowest BCUT2D eigenvalue weighted by Gasteiger charge is -2.05. The van der Waals surface area contributed by atoms with Gasteiger partial charge in [-0.25, -0.2) is 4.68 Å². The van der Waals surface area contributed by atoms with Gasteiger partial charge >= 0.3 is 0 Å². The maximum Gasteiger partial charge on any atom is 0.273 e. The van der Waals surface area contributed by atoms with Crippen molar-refractivity contribution in [1.82, 2.24) is 30.0 Å². The minimum absolute atomic E-state index is 0.0890. The van der Waals surface area contributed by atoms with Crippen LogP contribution in [-0.4, -0.2) is 41.6 Å². The fourth-order valence-corrected chi connectivity index (χ4v) is 3.24. The molecular formula is C18H15N7O2S. The Morgan fingerprint density at radius 1 is 1.04 bits per heavy atom. The number of nitrogens with one attached hydrogen (secondary N) is 2. The molecule has 2 aromatic carbocycles. The number of aromatic amines is 1. The van der Waals surface area contributed by atoms with Crippen LogP contribution in [0.3, 0.4) is 0 Å². The molecule has 0 aliphatic heterocycles. The lowest BCUT2D eigenvalue weighted by Crippen LogP contribution is -2.15. The Morgan fingerprint density at radius 2 is 1.71 bits per heavy atom. The van der Waals surface area contributed by atoms with E-state index in [1.54, 1.807) is 16.8 Å². The molecule has 1 amide bonds. The molecule has 0 spiro atoms. The highest BCUT2D eigenvalue weighted by molar-refractivity contribution is 7.99. The molecule has 4 aromatic rings. The fourth-order valence-electron chi connectivity index (χ4n) is 2.55. The van der Waals surface area contributed by atoms with Crippen molar-refractivity contribution in [3.63, 3.8) is 0 Å². The van der Waals surface area contributed by atoms with Crippen LogP contribution in [0, 0.1) is 0 Å². The minimum Gasteiger partial charge on any atom is -0.310 e. The number of aromatic nitrogens is 6. The molecule has 0 saturated heterocycles. The average molecular weight is 393 g/mol.